The summed E-state index contributed by atoms with van der Waals surface area (Å²) in [5.41, 5.74) is -1.59. The van der Waals surface area contributed by atoms with Gasteiger partial charge in [0.2, 0.25) is 5.95 Å². The number of rotatable bonds is 2. The van der Waals surface area contributed by atoms with Crippen molar-refractivity contribution < 1.29 is 22.7 Å². The van der Waals surface area contributed by atoms with E-state index in [1.165, 1.54) is 0 Å². The normalized spacial score (nSPS) is 10.5. The van der Waals surface area contributed by atoms with Crippen molar-refractivity contribution in [2.75, 3.05) is 7.11 Å². The van der Waals surface area contributed by atoms with Crippen molar-refractivity contribution in [1.82, 2.24) is 4.98 Å². The second-order valence-electron chi connectivity index (χ2n) is 2.49. The van der Waals surface area contributed by atoms with Gasteiger partial charge in [0.15, 0.2) is 0 Å². The van der Waals surface area contributed by atoms with Crippen molar-refractivity contribution in [1.29, 1.82) is 0 Å². The van der Waals surface area contributed by atoms with E-state index in [0.29, 0.717) is 0 Å². The molecule has 0 radical (unpaired) electrons. The molecular weight excluding hydrogens is 279 g/mol. The van der Waals surface area contributed by atoms with Gasteiger partial charge in [0.05, 0.1) is 7.11 Å². The summed E-state index contributed by atoms with van der Waals surface area (Å²) in [7, 11) is 0.971. The maximum absolute atomic E-state index is 13.1. The molecule has 0 aliphatic carbocycles. The molecule has 3 nitrogen and oxygen atoms in total. The SMILES string of the molecule is COC(=O)c1c(C(F)F)cc(Br)nc1F. The van der Waals surface area contributed by atoms with E-state index >= 15 is 0 Å². The molecule has 0 bridgehead atoms. The number of carbonyl (C=O) groups is 1. The summed E-state index contributed by atoms with van der Waals surface area (Å²) < 4.78 is 42.1. The molecule has 0 saturated carbocycles. The van der Waals surface area contributed by atoms with Crippen LogP contribution in [0.15, 0.2) is 10.7 Å². The molecule has 0 unspecified atom stereocenters. The number of carbonyl (C=O) groups excluding carboxylic acids is 1. The van der Waals surface area contributed by atoms with Gasteiger partial charge in [-0.05, 0) is 22.0 Å². The molecule has 82 valence electrons. The average Bonchev–Trinajstić information content (AvgIpc) is 2.15. The number of ether oxygens (including phenoxy) is 1. The Hall–Kier alpha value is -1.11. The summed E-state index contributed by atoms with van der Waals surface area (Å²) in [6.07, 6.45) is -2.98. The Bertz CT molecular complexity index is 398. The number of methoxy groups -OCH3 is 1. The van der Waals surface area contributed by atoms with Crippen LogP contribution in [-0.2, 0) is 4.74 Å². The molecule has 1 heterocycles. The molecule has 0 amide bonds. The molecule has 1 aromatic heterocycles. The van der Waals surface area contributed by atoms with Gasteiger partial charge in [0.25, 0.3) is 6.43 Å². The first-order valence-electron chi connectivity index (χ1n) is 3.69. The minimum absolute atomic E-state index is 0.108. The van der Waals surface area contributed by atoms with E-state index in [4.69, 9.17) is 0 Å². The quantitative estimate of drug-likeness (QED) is 0.619. The molecule has 1 aromatic rings. The lowest BCUT2D eigenvalue weighted by Crippen LogP contribution is -2.11. The van der Waals surface area contributed by atoms with Crippen molar-refractivity contribution >= 4 is 21.9 Å². The zero-order valence-electron chi connectivity index (χ0n) is 7.43. The third-order valence-electron chi connectivity index (χ3n) is 1.60. The van der Waals surface area contributed by atoms with Gasteiger partial charge in [-0.15, -0.1) is 0 Å². The number of aromatic nitrogens is 1. The third kappa shape index (κ3) is 2.47. The maximum atomic E-state index is 13.1. The van der Waals surface area contributed by atoms with E-state index in [1.54, 1.807) is 0 Å². The Labute approximate surface area is 91.4 Å². The average molecular weight is 284 g/mol. The van der Waals surface area contributed by atoms with Crippen LogP contribution in [0.25, 0.3) is 0 Å². The first-order valence-corrected chi connectivity index (χ1v) is 4.49. The predicted molar refractivity (Wildman–Crippen MR) is 48.2 cm³/mol. The predicted octanol–water partition coefficient (Wildman–Crippen LogP) is 2.71. The largest absolute Gasteiger partial charge is 0.465 e. The van der Waals surface area contributed by atoms with E-state index in [0.717, 1.165) is 13.2 Å². The van der Waals surface area contributed by atoms with Crippen molar-refractivity contribution in [2.24, 2.45) is 0 Å². The van der Waals surface area contributed by atoms with Gasteiger partial charge in [-0.1, -0.05) is 0 Å². The number of pyridine rings is 1. The molecule has 0 atom stereocenters. The lowest BCUT2D eigenvalue weighted by atomic mass is 10.1. The number of esters is 1. The van der Waals surface area contributed by atoms with Gasteiger partial charge >= 0.3 is 5.97 Å². The third-order valence-corrected chi connectivity index (χ3v) is 2.01. The Kier molecular flexibility index (Phi) is 3.67. The fourth-order valence-corrected chi connectivity index (χ4v) is 1.38. The van der Waals surface area contributed by atoms with Crippen molar-refractivity contribution in [3.05, 3.63) is 27.7 Å². The first-order chi connectivity index (χ1) is 6.97. The van der Waals surface area contributed by atoms with Crippen LogP contribution in [0.5, 0.6) is 0 Å². The second kappa shape index (κ2) is 4.61. The standard InChI is InChI=1S/C8H5BrF3NO2/c1-15-8(14)5-3(6(10)11)2-4(9)13-7(5)12/h2,6H,1H3. The summed E-state index contributed by atoms with van der Waals surface area (Å²) in [6.45, 7) is 0. The highest BCUT2D eigenvalue weighted by molar-refractivity contribution is 9.10. The molecule has 7 heteroatoms. The number of nitrogens with zero attached hydrogens (tertiary/aromatic N) is 1. The molecule has 1 rings (SSSR count). The van der Waals surface area contributed by atoms with Gasteiger partial charge in [0, 0.05) is 5.56 Å². The van der Waals surface area contributed by atoms with E-state index in [1.807, 2.05) is 0 Å². The highest BCUT2D eigenvalue weighted by Crippen LogP contribution is 2.27. The summed E-state index contributed by atoms with van der Waals surface area (Å²) >= 11 is 2.75. The van der Waals surface area contributed by atoms with Crippen LogP contribution in [0.3, 0.4) is 0 Å². The lowest BCUT2D eigenvalue weighted by Gasteiger charge is -2.07. The maximum Gasteiger partial charge on any atom is 0.343 e. The van der Waals surface area contributed by atoms with Crippen molar-refractivity contribution in [3.8, 4) is 0 Å². The molecule has 15 heavy (non-hydrogen) atoms. The van der Waals surface area contributed by atoms with Crippen LogP contribution in [0, 0.1) is 5.95 Å². The molecule has 0 aliphatic rings. The minimum atomic E-state index is -2.98. The molecule has 0 saturated heterocycles. The highest BCUT2D eigenvalue weighted by atomic mass is 79.9. The summed E-state index contributed by atoms with van der Waals surface area (Å²) in [4.78, 5) is 14.2. The fraction of sp³-hybridized carbons (Fsp3) is 0.250. The van der Waals surface area contributed by atoms with Crippen LogP contribution < -0.4 is 0 Å². The lowest BCUT2D eigenvalue weighted by molar-refractivity contribution is 0.0581. The summed E-state index contributed by atoms with van der Waals surface area (Å²) in [5, 5.41) is 0. The van der Waals surface area contributed by atoms with Crippen LogP contribution in [0.4, 0.5) is 13.2 Å². The molecule has 0 spiro atoms. The second-order valence-corrected chi connectivity index (χ2v) is 3.30. The molecule has 0 fully saturated rings. The molecule has 0 N–H and O–H groups in total. The van der Waals surface area contributed by atoms with Crippen molar-refractivity contribution in [3.63, 3.8) is 0 Å². The van der Waals surface area contributed by atoms with Crippen LogP contribution in [0.1, 0.15) is 22.3 Å². The molecule has 0 aliphatic heterocycles. The van der Waals surface area contributed by atoms with Crippen LogP contribution in [0.2, 0.25) is 0 Å². The zero-order chi connectivity index (χ0) is 11.6. The summed E-state index contributed by atoms with van der Waals surface area (Å²) in [5.74, 6) is -2.46. The minimum Gasteiger partial charge on any atom is -0.465 e. The Morgan fingerprint density at radius 3 is 2.67 bits per heavy atom. The number of hydrogen-bond donors (Lipinski definition) is 0. The van der Waals surface area contributed by atoms with Gasteiger partial charge in [-0.25, -0.2) is 18.6 Å². The van der Waals surface area contributed by atoms with E-state index in [2.05, 4.69) is 25.7 Å². The number of alkyl halides is 2. The number of hydrogen-bond acceptors (Lipinski definition) is 3. The summed E-state index contributed by atoms with van der Waals surface area (Å²) in [6, 6.07) is 0.875. The fourth-order valence-electron chi connectivity index (χ4n) is 0.978. The van der Waals surface area contributed by atoms with Gasteiger partial charge in [0.1, 0.15) is 10.2 Å². The highest BCUT2D eigenvalue weighted by Gasteiger charge is 2.25. The number of halogens is 4. The smallest absolute Gasteiger partial charge is 0.343 e. The Balaban J connectivity index is 3.40. The van der Waals surface area contributed by atoms with Crippen LogP contribution >= 0.6 is 15.9 Å². The van der Waals surface area contributed by atoms with Crippen molar-refractivity contribution in [2.45, 2.75) is 6.43 Å². The topological polar surface area (TPSA) is 39.2 Å². The zero-order valence-corrected chi connectivity index (χ0v) is 9.02. The van der Waals surface area contributed by atoms with Gasteiger partial charge < -0.3 is 4.74 Å². The Morgan fingerprint density at radius 2 is 2.20 bits per heavy atom. The first kappa shape index (κ1) is 12.0. The monoisotopic (exact) mass is 283 g/mol. The van der Waals surface area contributed by atoms with E-state index in [9.17, 15) is 18.0 Å². The molecule has 0 aromatic carbocycles. The van der Waals surface area contributed by atoms with Gasteiger partial charge in [-0.2, -0.15) is 4.39 Å². The van der Waals surface area contributed by atoms with E-state index in [-0.39, 0.29) is 4.60 Å². The van der Waals surface area contributed by atoms with Gasteiger partial charge in [-0.3, -0.25) is 0 Å². The Morgan fingerprint density at radius 1 is 1.60 bits per heavy atom. The van der Waals surface area contributed by atoms with Crippen LogP contribution in [-0.4, -0.2) is 18.1 Å². The molecular formula is C8H5BrF3NO2. The van der Waals surface area contributed by atoms with E-state index < -0.39 is 29.5 Å².